The Bertz CT molecular complexity index is 853. The zero-order chi connectivity index (χ0) is 19.9. The Morgan fingerprint density at radius 1 is 0.964 bits per heavy atom. The Labute approximate surface area is 162 Å². The van der Waals surface area contributed by atoms with Crippen molar-refractivity contribution in [1.82, 2.24) is 5.32 Å². The number of furan rings is 1. The maximum Gasteiger partial charge on any atom is 0.433 e. The van der Waals surface area contributed by atoms with Crippen molar-refractivity contribution in [3.05, 3.63) is 57.8 Å². The third-order valence-corrected chi connectivity index (χ3v) is 4.86. The molecule has 1 aliphatic rings. The van der Waals surface area contributed by atoms with Crippen molar-refractivity contribution in [2.75, 3.05) is 5.32 Å². The number of anilines is 1. The fourth-order valence-electron chi connectivity index (χ4n) is 3.39. The summed E-state index contributed by atoms with van der Waals surface area (Å²) in [6.07, 6.45) is 7.73. The fraction of sp³-hybridized carbons (Fsp3) is 0.400. The van der Waals surface area contributed by atoms with Gasteiger partial charge in [0.1, 0.15) is 4.92 Å². The molecular formula is C20H23N3O5. The summed E-state index contributed by atoms with van der Waals surface area (Å²) in [5, 5.41) is 16.4. The molecule has 2 amide bonds. The van der Waals surface area contributed by atoms with Crippen molar-refractivity contribution in [2.45, 2.75) is 51.0 Å². The highest BCUT2D eigenvalue weighted by Crippen LogP contribution is 2.21. The minimum absolute atomic E-state index is 0.129. The van der Waals surface area contributed by atoms with E-state index in [1.54, 1.807) is 24.3 Å². The third kappa shape index (κ3) is 4.97. The number of carbonyl (C=O) groups excluding carboxylic acids is 2. The zero-order valence-electron chi connectivity index (χ0n) is 15.5. The average molecular weight is 385 g/mol. The van der Waals surface area contributed by atoms with Crippen LogP contribution in [-0.2, 0) is 0 Å². The lowest BCUT2D eigenvalue weighted by Gasteiger charge is -2.21. The van der Waals surface area contributed by atoms with Crippen LogP contribution >= 0.6 is 0 Å². The van der Waals surface area contributed by atoms with Crippen LogP contribution in [0.15, 0.2) is 40.8 Å². The molecular weight excluding hydrogens is 362 g/mol. The van der Waals surface area contributed by atoms with Crippen LogP contribution in [0, 0.1) is 10.1 Å². The van der Waals surface area contributed by atoms with E-state index in [1.165, 1.54) is 25.3 Å². The van der Waals surface area contributed by atoms with Gasteiger partial charge in [-0.3, -0.25) is 19.7 Å². The first-order valence-corrected chi connectivity index (χ1v) is 9.50. The average Bonchev–Trinajstić information content (AvgIpc) is 3.15. The van der Waals surface area contributed by atoms with Crippen molar-refractivity contribution < 1.29 is 18.9 Å². The van der Waals surface area contributed by atoms with Gasteiger partial charge in [0.2, 0.25) is 0 Å². The first kappa shape index (κ1) is 19.6. The second kappa shape index (κ2) is 9.16. The van der Waals surface area contributed by atoms with Gasteiger partial charge in [-0.15, -0.1) is 0 Å². The van der Waals surface area contributed by atoms with Crippen molar-refractivity contribution >= 4 is 23.4 Å². The lowest BCUT2D eigenvalue weighted by molar-refractivity contribution is -0.402. The second-order valence-corrected chi connectivity index (χ2v) is 6.91. The lowest BCUT2D eigenvalue weighted by Crippen LogP contribution is -2.35. The first-order chi connectivity index (χ1) is 13.5. The van der Waals surface area contributed by atoms with E-state index in [-0.39, 0.29) is 17.7 Å². The molecule has 1 fully saturated rings. The molecule has 8 nitrogen and oxygen atoms in total. The molecule has 28 heavy (non-hydrogen) atoms. The molecule has 1 aliphatic carbocycles. The molecule has 1 aromatic heterocycles. The van der Waals surface area contributed by atoms with Gasteiger partial charge in [-0.05, 0) is 31.0 Å². The van der Waals surface area contributed by atoms with Crippen LogP contribution in [0.5, 0.6) is 0 Å². The maximum absolute atomic E-state index is 12.8. The molecule has 148 valence electrons. The van der Waals surface area contributed by atoms with E-state index in [2.05, 4.69) is 10.6 Å². The fourth-order valence-corrected chi connectivity index (χ4v) is 3.39. The van der Waals surface area contributed by atoms with E-state index in [4.69, 9.17) is 4.42 Å². The molecule has 0 spiro atoms. The molecule has 0 saturated heterocycles. The van der Waals surface area contributed by atoms with Crippen LogP contribution in [0.25, 0.3) is 0 Å². The van der Waals surface area contributed by atoms with Crippen molar-refractivity contribution in [3.8, 4) is 0 Å². The minimum Gasteiger partial charge on any atom is -0.395 e. The standard InChI is InChI=1S/C20H23N3O5/c24-19(21-14-8-4-2-1-3-5-9-14)15-10-6-7-11-16(15)22-20(25)17-12-13-18(28-17)23(26)27/h6-7,10-14H,1-5,8-9H2,(H,21,24)(H,22,25). The monoisotopic (exact) mass is 385 g/mol. The molecule has 8 heteroatoms. The predicted molar refractivity (Wildman–Crippen MR) is 103 cm³/mol. The van der Waals surface area contributed by atoms with Crippen molar-refractivity contribution in [2.24, 2.45) is 0 Å². The number of nitrogens with one attached hydrogen (secondary N) is 2. The zero-order valence-corrected chi connectivity index (χ0v) is 15.5. The van der Waals surface area contributed by atoms with Crippen LogP contribution < -0.4 is 10.6 Å². The van der Waals surface area contributed by atoms with Gasteiger partial charge in [-0.25, -0.2) is 0 Å². The van der Waals surface area contributed by atoms with Gasteiger partial charge in [-0.1, -0.05) is 44.2 Å². The van der Waals surface area contributed by atoms with E-state index < -0.39 is 16.7 Å². The Morgan fingerprint density at radius 2 is 1.64 bits per heavy atom. The molecule has 1 heterocycles. The van der Waals surface area contributed by atoms with Gasteiger partial charge in [0, 0.05) is 6.04 Å². The largest absolute Gasteiger partial charge is 0.433 e. The SMILES string of the molecule is O=C(Nc1ccccc1C(=O)NC1CCCCCCC1)c1ccc([N+](=O)[O-])o1. The molecule has 1 saturated carbocycles. The van der Waals surface area contributed by atoms with E-state index >= 15 is 0 Å². The number of nitrogens with zero attached hydrogens (tertiary/aromatic N) is 1. The van der Waals surface area contributed by atoms with E-state index in [1.807, 2.05) is 0 Å². The number of benzene rings is 1. The van der Waals surface area contributed by atoms with Crippen LogP contribution in [0.4, 0.5) is 11.6 Å². The van der Waals surface area contributed by atoms with Gasteiger partial charge in [0.25, 0.3) is 11.8 Å². The quantitative estimate of drug-likeness (QED) is 0.589. The first-order valence-electron chi connectivity index (χ1n) is 9.50. The van der Waals surface area contributed by atoms with Crippen LogP contribution in [0.3, 0.4) is 0 Å². The van der Waals surface area contributed by atoms with E-state index in [0.29, 0.717) is 11.3 Å². The van der Waals surface area contributed by atoms with Crippen LogP contribution in [0.2, 0.25) is 0 Å². The third-order valence-electron chi connectivity index (χ3n) is 4.86. The summed E-state index contributed by atoms with van der Waals surface area (Å²) >= 11 is 0. The number of carbonyl (C=O) groups is 2. The second-order valence-electron chi connectivity index (χ2n) is 6.91. The highest BCUT2D eigenvalue weighted by molar-refractivity contribution is 6.08. The molecule has 0 radical (unpaired) electrons. The summed E-state index contributed by atoms with van der Waals surface area (Å²) in [5.74, 6) is -1.60. The van der Waals surface area contributed by atoms with E-state index in [0.717, 1.165) is 31.7 Å². The summed E-state index contributed by atoms with van der Waals surface area (Å²) in [6, 6.07) is 9.14. The van der Waals surface area contributed by atoms with Gasteiger partial charge in [0.15, 0.2) is 5.76 Å². The number of amides is 2. The topological polar surface area (TPSA) is 114 Å². The number of rotatable bonds is 5. The lowest BCUT2D eigenvalue weighted by atomic mass is 9.96. The minimum atomic E-state index is -0.715. The Hall–Kier alpha value is -3.16. The summed E-state index contributed by atoms with van der Waals surface area (Å²) in [7, 11) is 0. The summed E-state index contributed by atoms with van der Waals surface area (Å²) < 4.78 is 4.91. The van der Waals surface area contributed by atoms with Crippen molar-refractivity contribution in [3.63, 3.8) is 0 Å². The maximum atomic E-state index is 12.8. The Kier molecular flexibility index (Phi) is 6.41. The van der Waals surface area contributed by atoms with Gasteiger partial charge < -0.3 is 15.1 Å². The van der Waals surface area contributed by atoms with Gasteiger partial charge in [-0.2, -0.15) is 0 Å². The van der Waals surface area contributed by atoms with Gasteiger partial charge in [0.05, 0.1) is 17.3 Å². The normalized spacial score (nSPS) is 15.3. The Morgan fingerprint density at radius 3 is 2.32 bits per heavy atom. The summed E-state index contributed by atoms with van der Waals surface area (Å²) in [6.45, 7) is 0. The molecule has 2 N–H and O–H groups in total. The molecule has 1 aromatic carbocycles. The number of hydrogen-bond donors (Lipinski definition) is 2. The smallest absolute Gasteiger partial charge is 0.395 e. The summed E-state index contributed by atoms with van der Waals surface area (Å²) in [5.41, 5.74) is 0.675. The number of nitro groups is 1. The highest BCUT2D eigenvalue weighted by atomic mass is 16.6. The molecule has 0 unspecified atom stereocenters. The number of hydrogen-bond acceptors (Lipinski definition) is 5. The Balaban J connectivity index is 1.70. The highest BCUT2D eigenvalue weighted by Gasteiger charge is 2.21. The van der Waals surface area contributed by atoms with Crippen LogP contribution in [-0.4, -0.2) is 22.8 Å². The van der Waals surface area contributed by atoms with Gasteiger partial charge >= 0.3 is 5.88 Å². The molecule has 0 bridgehead atoms. The number of para-hydroxylation sites is 1. The summed E-state index contributed by atoms with van der Waals surface area (Å²) in [4.78, 5) is 35.1. The van der Waals surface area contributed by atoms with Crippen LogP contribution in [0.1, 0.15) is 65.9 Å². The van der Waals surface area contributed by atoms with Crippen molar-refractivity contribution in [1.29, 1.82) is 0 Å². The molecule has 3 rings (SSSR count). The predicted octanol–water partition coefficient (Wildman–Crippen LogP) is 4.28. The molecule has 0 aliphatic heterocycles. The van der Waals surface area contributed by atoms with E-state index in [9.17, 15) is 19.7 Å². The molecule has 0 atom stereocenters. The molecule has 2 aromatic rings.